The summed E-state index contributed by atoms with van der Waals surface area (Å²) in [6.45, 7) is 2.39. The molecule has 1 N–H and O–H groups in total. The zero-order valence-corrected chi connectivity index (χ0v) is 11.1. The number of nitro benzene ring substituents is 1. The van der Waals surface area contributed by atoms with Crippen molar-refractivity contribution >= 4 is 22.4 Å². The third-order valence-electron chi connectivity index (χ3n) is 3.00. The van der Waals surface area contributed by atoms with E-state index in [-0.39, 0.29) is 11.2 Å². The minimum Gasteiger partial charge on any atom is -0.377 e. The fourth-order valence-corrected chi connectivity index (χ4v) is 2.03. The monoisotopic (exact) mass is 285 g/mol. The molecule has 0 aliphatic heterocycles. The summed E-state index contributed by atoms with van der Waals surface area (Å²) in [6.07, 6.45) is 0. The molecule has 0 spiro atoms. The summed E-state index contributed by atoms with van der Waals surface area (Å²) in [4.78, 5) is 14.8. The third-order valence-corrected chi connectivity index (χ3v) is 3.00. The number of aryl methyl sites for hydroxylation is 1. The lowest BCUT2D eigenvalue weighted by molar-refractivity contribution is -0.383. The summed E-state index contributed by atoms with van der Waals surface area (Å²) < 4.78 is 4.61. The highest BCUT2D eigenvalue weighted by Crippen LogP contribution is 2.28. The summed E-state index contributed by atoms with van der Waals surface area (Å²) in [7, 11) is 0. The molecule has 0 aliphatic carbocycles. The van der Waals surface area contributed by atoms with Crippen molar-refractivity contribution in [2.45, 2.75) is 13.5 Å². The second-order valence-electron chi connectivity index (χ2n) is 4.47. The average molecular weight is 285 g/mol. The van der Waals surface area contributed by atoms with E-state index in [0.717, 1.165) is 11.4 Å². The Morgan fingerprint density at radius 3 is 2.81 bits per heavy atom. The van der Waals surface area contributed by atoms with E-state index in [0.29, 0.717) is 17.7 Å². The van der Waals surface area contributed by atoms with E-state index in [1.165, 1.54) is 6.07 Å². The molecule has 8 heteroatoms. The zero-order valence-electron chi connectivity index (χ0n) is 11.1. The Balaban J connectivity index is 1.90. The summed E-state index contributed by atoms with van der Waals surface area (Å²) in [6, 6.07) is 8.68. The lowest BCUT2D eigenvalue weighted by Crippen LogP contribution is -2.03. The molecular formula is C13H11N5O3. The predicted octanol–water partition coefficient (Wildman–Crippen LogP) is 2.45. The van der Waals surface area contributed by atoms with Gasteiger partial charge in [0, 0.05) is 11.8 Å². The molecule has 0 amide bonds. The van der Waals surface area contributed by atoms with Crippen LogP contribution in [0.3, 0.4) is 0 Å². The molecule has 0 unspecified atom stereocenters. The normalized spacial score (nSPS) is 10.7. The largest absolute Gasteiger partial charge is 0.377 e. The molecule has 106 valence electrons. The van der Waals surface area contributed by atoms with Gasteiger partial charge in [0.1, 0.15) is 0 Å². The number of aromatic nitrogens is 3. The topological polar surface area (TPSA) is 107 Å². The van der Waals surface area contributed by atoms with Gasteiger partial charge in [0.15, 0.2) is 5.52 Å². The van der Waals surface area contributed by atoms with E-state index in [2.05, 4.69) is 25.2 Å². The highest BCUT2D eigenvalue weighted by atomic mass is 16.6. The maximum absolute atomic E-state index is 10.9. The van der Waals surface area contributed by atoms with E-state index < -0.39 is 4.92 Å². The van der Waals surface area contributed by atoms with E-state index in [1.54, 1.807) is 6.07 Å². The first-order valence-electron chi connectivity index (χ1n) is 6.21. The van der Waals surface area contributed by atoms with Crippen molar-refractivity contribution in [1.29, 1.82) is 0 Å². The van der Waals surface area contributed by atoms with Crippen molar-refractivity contribution in [2.24, 2.45) is 0 Å². The summed E-state index contributed by atoms with van der Waals surface area (Å²) >= 11 is 0. The van der Waals surface area contributed by atoms with Crippen LogP contribution in [0.15, 0.2) is 35.0 Å². The number of benzene rings is 1. The molecule has 21 heavy (non-hydrogen) atoms. The minimum atomic E-state index is -0.515. The third kappa shape index (κ3) is 2.50. The van der Waals surface area contributed by atoms with Gasteiger partial charge in [-0.3, -0.25) is 15.1 Å². The Kier molecular flexibility index (Phi) is 3.19. The Morgan fingerprint density at radius 1 is 1.24 bits per heavy atom. The smallest absolute Gasteiger partial charge is 0.300 e. The van der Waals surface area contributed by atoms with Crippen LogP contribution in [-0.4, -0.2) is 20.2 Å². The van der Waals surface area contributed by atoms with Crippen LogP contribution in [0.1, 0.15) is 11.4 Å². The number of hydrogen-bond donors (Lipinski definition) is 1. The van der Waals surface area contributed by atoms with Gasteiger partial charge >= 0.3 is 5.69 Å². The van der Waals surface area contributed by atoms with Gasteiger partial charge in [0.05, 0.1) is 22.8 Å². The molecule has 0 aliphatic rings. The Labute approximate surface area is 118 Å². The number of hydrogen-bond acceptors (Lipinski definition) is 7. The average Bonchev–Trinajstić information content (AvgIpc) is 2.94. The SMILES string of the molecule is Cc1cccc(CNc2ccc([N+](=O)[O-])c3nonc23)n1. The number of non-ortho nitro benzene ring substituents is 1. The van der Waals surface area contributed by atoms with E-state index in [1.807, 2.05) is 25.1 Å². The van der Waals surface area contributed by atoms with Gasteiger partial charge in [0.25, 0.3) is 0 Å². The number of pyridine rings is 1. The van der Waals surface area contributed by atoms with Crippen LogP contribution in [0.4, 0.5) is 11.4 Å². The van der Waals surface area contributed by atoms with E-state index in [9.17, 15) is 10.1 Å². The first kappa shape index (κ1) is 13.0. The highest BCUT2D eigenvalue weighted by molar-refractivity contribution is 5.93. The van der Waals surface area contributed by atoms with Crippen LogP contribution >= 0.6 is 0 Å². The number of rotatable bonds is 4. The van der Waals surface area contributed by atoms with Crippen molar-refractivity contribution in [2.75, 3.05) is 5.32 Å². The molecule has 3 rings (SSSR count). The molecule has 0 bridgehead atoms. The maximum atomic E-state index is 10.9. The summed E-state index contributed by atoms with van der Waals surface area (Å²) in [5, 5.41) is 21.3. The Morgan fingerprint density at radius 2 is 2.05 bits per heavy atom. The second kappa shape index (κ2) is 5.16. The van der Waals surface area contributed by atoms with Crippen molar-refractivity contribution in [3.63, 3.8) is 0 Å². The molecule has 2 heterocycles. The van der Waals surface area contributed by atoms with Crippen molar-refractivity contribution in [1.82, 2.24) is 15.3 Å². The van der Waals surface area contributed by atoms with Gasteiger partial charge in [-0.15, -0.1) is 0 Å². The molecule has 0 saturated heterocycles. The summed E-state index contributed by atoms with van der Waals surface area (Å²) in [5.41, 5.74) is 2.72. The highest BCUT2D eigenvalue weighted by Gasteiger charge is 2.19. The molecule has 8 nitrogen and oxygen atoms in total. The predicted molar refractivity (Wildman–Crippen MR) is 74.8 cm³/mol. The molecule has 1 aromatic carbocycles. The van der Waals surface area contributed by atoms with Crippen molar-refractivity contribution < 1.29 is 9.55 Å². The number of fused-ring (bicyclic) bond motifs is 1. The molecule has 3 aromatic rings. The van der Waals surface area contributed by atoms with E-state index in [4.69, 9.17) is 0 Å². The van der Waals surface area contributed by atoms with Crippen molar-refractivity contribution in [3.8, 4) is 0 Å². The summed E-state index contributed by atoms with van der Waals surface area (Å²) in [5.74, 6) is 0. The number of nitrogens with zero attached hydrogens (tertiary/aromatic N) is 4. The van der Waals surface area contributed by atoms with Crippen LogP contribution in [0.5, 0.6) is 0 Å². The molecular weight excluding hydrogens is 274 g/mol. The fourth-order valence-electron chi connectivity index (χ4n) is 2.03. The van der Waals surface area contributed by atoms with Gasteiger partial charge in [0.2, 0.25) is 5.52 Å². The number of nitrogens with one attached hydrogen (secondary N) is 1. The van der Waals surface area contributed by atoms with Gasteiger partial charge < -0.3 is 5.32 Å². The molecule has 0 fully saturated rings. The first-order valence-corrected chi connectivity index (χ1v) is 6.21. The number of nitro groups is 1. The number of anilines is 1. The second-order valence-corrected chi connectivity index (χ2v) is 4.47. The Hall–Kier alpha value is -3.03. The van der Waals surface area contributed by atoms with Crippen LogP contribution in [-0.2, 0) is 6.54 Å². The molecule has 0 radical (unpaired) electrons. The van der Waals surface area contributed by atoms with Gasteiger partial charge in [-0.25, -0.2) is 4.63 Å². The quantitative estimate of drug-likeness (QED) is 0.579. The van der Waals surface area contributed by atoms with Gasteiger partial charge in [-0.05, 0) is 35.4 Å². The lowest BCUT2D eigenvalue weighted by atomic mass is 10.2. The van der Waals surface area contributed by atoms with Crippen LogP contribution in [0, 0.1) is 17.0 Å². The Bertz CT molecular complexity index is 814. The van der Waals surface area contributed by atoms with Gasteiger partial charge in [-0.2, -0.15) is 0 Å². The first-order chi connectivity index (χ1) is 10.1. The molecule has 2 aromatic heterocycles. The van der Waals surface area contributed by atoms with Crippen LogP contribution in [0.25, 0.3) is 11.0 Å². The fraction of sp³-hybridized carbons (Fsp3) is 0.154. The minimum absolute atomic E-state index is 0.127. The van der Waals surface area contributed by atoms with Gasteiger partial charge in [-0.1, -0.05) is 6.07 Å². The zero-order chi connectivity index (χ0) is 14.8. The molecule has 0 atom stereocenters. The lowest BCUT2D eigenvalue weighted by Gasteiger charge is -2.06. The van der Waals surface area contributed by atoms with E-state index >= 15 is 0 Å². The maximum Gasteiger partial charge on any atom is 0.300 e. The van der Waals surface area contributed by atoms with Crippen molar-refractivity contribution in [3.05, 3.63) is 51.8 Å². The standard InChI is InChI=1S/C13H11N5O3/c1-8-3-2-4-9(15-8)7-14-10-5-6-11(18(19)20)13-12(10)16-21-17-13/h2-6,14H,7H2,1H3. The van der Waals surface area contributed by atoms with Crippen LogP contribution in [0.2, 0.25) is 0 Å². The molecule has 0 saturated carbocycles. The van der Waals surface area contributed by atoms with Crippen LogP contribution < -0.4 is 5.32 Å².